The molecule has 19 heavy (non-hydrogen) atoms. The van der Waals surface area contributed by atoms with Crippen molar-refractivity contribution in [3.8, 4) is 5.75 Å². The fraction of sp³-hybridized carbons (Fsp3) is 0.533. The monoisotopic (exact) mass is 265 g/mol. The molecule has 1 aliphatic rings. The molecule has 2 rings (SSSR count). The van der Waals surface area contributed by atoms with Gasteiger partial charge in [-0.05, 0) is 50.4 Å². The number of ether oxygens (including phenoxy) is 1. The topological polar surface area (TPSA) is 38.3 Å². The summed E-state index contributed by atoms with van der Waals surface area (Å²) in [5.41, 5.74) is 0.147. The maximum atomic E-state index is 13.9. The molecule has 1 heterocycles. The minimum atomic E-state index is -0.541. The lowest BCUT2D eigenvalue weighted by molar-refractivity contribution is 0.0966. The third-order valence-electron chi connectivity index (χ3n) is 3.72. The number of carbonyl (C=O) groups excluding carboxylic acids is 1. The van der Waals surface area contributed by atoms with Gasteiger partial charge in [-0.1, -0.05) is 6.07 Å². The van der Waals surface area contributed by atoms with Crippen molar-refractivity contribution >= 4 is 5.78 Å². The Hall–Kier alpha value is -1.42. The van der Waals surface area contributed by atoms with Crippen LogP contribution in [0.1, 0.15) is 36.0 Å². The number of methoxy groups -OCH3 is 1. The normalized spacial score (nSPS) is 16.3. The number of hydrogen-bond donors (Lipinski definition) is 1. The van der Waals surface area contributed by atoms with Crippen LogP contribution in [-0.4, -0.2) is 26.0 Å². The van der Waals surface area contributed by atoms with E-state index in [1.54, 1.807) is 6.07 Å². The Morgan fingerprint density at radius 1 is 1.42 bits per heavy atom. The van der Waals surface area contributed by atoms with Crippen LogP contribution in [0.4, 0.5) is 4.39 Å². The second kappa shape index (κ2) is 6.66. The molecule has 0 saturated carbocycles. The molecule has 0 amide bonds. The third-order valence-corrected chi connectivity index (χ3v) is 3.72. The van der Waals surface area contributed by atoms with Crippen LogP contribution in [-0.2, 0) is 0 Å². The van der Waals surface area contributed by atoms with Crippen LogP contribution >= 0.6 is 0 Å². The van der Waals surface area contributed by atoms with Gasteiger partial charge < -0.3 is 10.1 Å². The number of carbonyl (C=O) groups is 1. The van der Waals surface area contributed by atoms with E-state index >= 15 is 0 Å². The average Bonchev–Trinajstić information content (AvgIpc) is 2.46. The number of halogens is 1. The predicted molar refractivity (Wildman–Crippen MR) is 72.1 cm³/mol. The molecule has 0 atom stereocenters. The van der Waals surface area contributed by atoms with E-state index in [4.69, 9.17) is 4.74 Å². The van der Waals surface area contributed by atoms with Gasteiger partial charge in [-0.15, -0.1) is 0 Å². The number of benzene rings is 1. The lowest BCUT2D eigenvalue weighted by Gasteiger charge is -2.22. The van der Waals surface area contributed by atoms with Crippen molar-refractivity contribution in [2.45, 2.75) is 25.7 Å². The lowest BCUT2D eigenvalue weighted by Crippen LogP contribution is -2.28. The minimum absolute atomic E-state index is 0.130. The van der Waals surface area contributed by atoms with Crippen LogP contribution < -0.4 is 10.1 Å². The Kier molecular flexibility index (Phi) is 4.91. The molecule has 1 aliphatic heterocycles. The van der Waals surface area contributed by atoms with E-state index in [9.17, 15) is 9.18 Å². The summed E-state index contributed by atoms with van der Waals surface area (Å²) in [7, 11) is 1.40. The van der Waals surface area contributed by atoms with Gasteiger partial charge in [0.05, 0.1) is 12.7 Å². The van der Waals surface area contributed by atoms with Gasteiger partial charge in [0, 0.05) is 6.42 Å². The fourth-order valence-corrected chi connectivity index (χ4v) is 2.52. The Morgan fingerprint density at radius 2 is 2.16 bits per heavy atom. The van der Waals surface area contributed by atoms with Crippen molar-refractivity contribution in [1.29, 1.82) is 0 Å². The largest absolute Gasteiger partial charge is 0.494 e. The molecule has 0 aliphatic carbocycles. The van der Waals surface area contributed by atoms with Crippen LogP contribution in [0.25, 0.3) is 0 Å². The molecule has 0 spiro atoms. The summed E-state index contributed by atoms with van der Waals surface area (Å²) in [6.07, 6.45) is 3.47. The lowest BCUT2D eigenvalue weighted by atomic mass is 9.91. The van der Waals surface area contributed by atoms with Crippen LogP contribution in [0, 0.1) is 11.7 Å². The maximum Gasteiger partial charge on any atom is 0.175 e. The van der Waals surface area contributed by atoms with E-state index in [1.807, 2.05) is 0 Å². The Balaban J connectivity index is 1.95. The summed E-state index contributed by atoms with van der Waals surface area (Å²) >= 11 is 0. The van der Waals surface area contributed by atoms with Crippen molar-refractivity contribution in [3.63, 3.8) is 0 Å². The molecule has 3 nitrogen and oxygen atoms in total. The van der Waals surface area contributed by atoms with Crippen molar-refractivity contribution in [1.82, 2.24) is 5.32 Å². The molecule has 0 unspecified atom stereocenters. The van der Waals surface area contributed by atoms with E-state index in [0.29, 0.717) is 12.3 Å². The molecule has 0 radical (unpaired) electrons. The minimum Gasteiger partial charge on any atom is -0.494 e. The van der Waals surface area contributed by atoms with Crippen molar-refractivity contribution in [3.05, 3.63) is 29.6 Å². The number of ketones is 1. The Bertz CT molecular complexity index is 442. The highest BCUT2D eigenvalue weighted by Crippen LogP contribution is 2.23. The first-order chi connectivity index (χ1) is 9.22. The summed E-state index contributed by atoms with van der Waals surface area (Å²) in [5, 5.41) is 3.30. The summed E-state index contributed by atoms with van der Waals surface area (Å²) in [6.45, 7) is 2.04. The second-order valence-corrected chi connectivity index (χ2v) is 4.98. The van der Waals surface area contributed by atoms with Gasteiger partial charge in [-0.2, -0.15) is 0 Å². The fourth-order valence-electron chi connectivity index (χ4n) is 2.52. The smallest absolute Gasteiger partial charge is 0.175 e. The van der Waals surface area contributed by atoms with Crippen molar-refractivity contribution in [2.75, 3.05) is 20.2 Å². The molecule has 0 aromatic heterocycles. The first-order valence-corrected chi connectivity index (χ1v) is 6.78. The van der Waals surface area contributed by atoms with Crippen LogP contribution in [0.15, 0.2) is 18.2 Å². The Labute approximate surface area is 113 Å². The van der Waals surface area contributed by atoms with Crippen LogP contribution in [0.2, 0.25) is 0 Å². The summed E-state index contributed by atoms with van der Waals surface area (Å²) in [4.78, 5) is 12.1. The molecule has 1 fully saturated rings. The van der Waals surface area contributed by atoms with Gasteiger partial charge in [-0.3, -0.25) is 4.79 Å². The molecule has 1 aromatic rings. The number of hydrogen-bond acceptors (Lipinski definition) is 3. The molecule has 1 aromatic carbocycles. The molecule has 104 valence electrons. The number of rotatable bonds is 5. The van der Waals surface area contributed by atoms with Gasteiger partial charge in [-0.25, -0.2) is 4.39 Å². The number of Topliss-reactive ketones (excluding diaryl/α,β-unsaturated/α-hetero) is 1. The highest BCUT2D eigenvalue weighted by molar-refractivity contribution is 5.96. The van der Waals surface area contributed by atoms with Crippen molar-refractivity contribution < 1.29 is 13.9 Å². The van der Waals surface area contributed by atoms with E-state index in [2.05, 4.69) is 5.32 Å². The molecular weight excluding hydrogens is 245 g/mol. The third kappa shape index (κ3) is 3.53. The van der Waals surface area contributed by atoms with E-state index in [0.717, 1.165) is 32.4 Å². The van der Waals surface area contributed by atoms with Gasteiger partial charge >= 0.3 is 0 Å². The molecule has 0 bridgehead atoms. The van der Waals surface area contributed by atoms with E-state index in [-0.39, 0.29) is 17.1 Å². The quantitative estimate of drug-likeness (QED) is 0.832. The zero-order chi connectivity index (χ0) is 13.7. The van der Waals surface area contributed by atoms with Gasteiger partial charge in [0.1, 0.15) is 0 Å². The Morgan fingerprint density at radius 3 is 2.84 bits per heavy atom. The van der Waals surface area contributed by atoms with Crippen LogP contribution in [0.5, 0.6) is 5.75 Å². The standard InChI is InChI=1S/C15H20FNO2/c1-19-14-4-2-3-12(15(14)16)13(18)6-5-11-7-9-17-10-8-11/h2-4,11,17H,5-10H2,1H3. The van der Waals surface area contributed by atoms with Gasteiger partial charge in [0.15, 0.2) is 17.3 Å². The second-order valence-electron chi connectivity index (χ2n) is 4.98. The van der Waals surface area contributed by atoms with E-state index in [1.165, 1.54) is 19.2 Å². The van der Waals surface area contributed by atoms with Gasteiger partial charge in [0.25, 0.3) is 0 Å². The highest BCUT2D eigenvalue weighted by atomic mass is 19.1. The zero-order valence-corrected chi connectivity index (χ0v) is 11.2. The number of piperidine rings is 1. The van der Waals surface area contributed by atoms with E-state index < -0.39 is 5.82 Å². The van der Waals surface area contributed by atoms with Crippen molar-refractivity contribution in [2.24, 2.45) is 5.92 Å². The maximum absolute atomic E-state index is 13.9. The molecule has 1 N–H and O–H groups in total. The number of nitrogens with one attached hydrogen (secondary N) is 1. The molecule has 1 saturated heterocycles. The zero-order valence-electron chi connectivity index (χ0n) is 11.2. The highest BCUT2D eigenvalue weighted by Gasteiger charge is 2.18. The summed E-state index contributed by atoms with van der Waals surface area (Å²) in [5.74, 6) is 0.0434. The predicted octanol–water partition coefficient (Wildman–Crippen LogP) is 2.80. The summed E-state index contributed by atoms with van der Waals surface area (Å²) < 4.78 is 18.8. The molecular formula is C15H20FNO2. The SMILES string of the molecule is COc1cccc(C(=O)CCC2CCNCC2)c1F. The first-order valence-electron chi connectivity index (χ1n) is 6.78. The van der Waals surface area contributed by atoms with Gasteiger partial charge in [0.2, 0.25) is 0 Å². The summed E-state index contributed by atoms with van der Waals surface area (Å²) in [6, 6.07) is 4.71. The first kappa shape index (κ1) is 14.0. The molecule has 4 heteroatoms. The average molecular weight is 265 g/mol. The van der Waals surface area contributed by atoms with Crippen LogP contribution in [0.3, 0.4) is 0 Å².